The molecule has 5 N–H and O–H groups in total. The highest BCUT2D eigenvalue weighted by Gasteiger charge is 2.29. The number of nitrogens with zero attached hydrogens (tertiary/aromatic N) is 5. The van der Waals surface area contributed by atoms with Gasteiger partial charge in [0.15, 0.2) is 5.65 Å². The van der Waals surface area contributed by atoms with Crippen LogP contribution in [0.1, 0.15) is 63.5 Å². The van der Waals surface area contributed by atoms with Crippen molar-refractivity contribution in [2.45, 2.75) is 75.9 Å². The van der Waals surface area contributed by atoms with E-state index in [0.29, 0.717) is 22.4 Å². The molecule has 3 heterocycles. The van der Waals surface area contributed by atoms with E-state index in [9.17, 15) is 14.7 Å². The molecule has 35 heavy (non-hydrogen) atoms. The van der Waals surface area contributed by atoms with Crippen LogP contribution in [0.3, 0.4) is 0 Å². The number of H-pyrrole nitrogens is 2. The van der Waals surface area contributed by atoms with Crippen LogP contribution < -0.4 is 27.2 Å². The average Bonchev–Trinajstić information content (AvgIpc) is 3.42. The van der Waals surface area contributed by atoms with Gasteiger partial charge in [0.1, 0.15) is 5.69 Å². The summed E-state index contributed by atoms with van der Waals surface area (Å²) < 4.78 is 1.59. The van der Waals surface area contributed by atoms with Crippen LogP contribution in [0.15, 0.2) is 16.0 Å². The zero-order valence-electron chi connectivity index (χ0n) is 19.3. The monoisotopic (exact) mass is 479 g/mol. The number of aromatic amines is 2. The molecule has 1 amide bonds. The van der Waals surface area contributed by atoms with Gasteiger partial charge in [0.25, 0.3) is 5.62 Å². The number of hydrogen-bond acceptors (Lipinski definition) is 8. The zero-order valence-corrected chi connectivity index (χ0v) is 19.3. The third-order valence-corrected chi connectivity index (χ3v) is 7.14. The number of anilines is 1. The van der Waals surface area contributed by atoms with Crippen LogP contribution in [0, 0.1) is 5.92 Å². The summed E-state index contributed by atoms with van der Waals surface area (Å²) in [5.74, 6) is 0.658. The minimum Gasteiger partial charge on any atom is -0.493 e. The van der Waals surface area contributed by atoms with Gasteiger partial charge in [-0.1, -0.05) is 6.42 Å². The lowest BCUT2D eigenvalue weighted by molar-refractivity contribution is -0.128. The van der Waals surface area contributed by atoms with Gasteiger partial charge < -0.3 is 20.7 Å². The Morgan fingerprint density at radius 2 is 1.86 bits per heavy atom. The van der Waals surface area contributed by atoms with Crippen molar-refractivity contribution in [2.24, 2.45) is 10.9 Å². The van der Waals surface area contributed by atoms with Crippen LogP contribution >= 0.6 is 0 Å². The fourth-order valence-electron chi connectivity index (χ4n) is 4.70. The molecule has 0 atom stereocenters. The molecule has 184 valence electrons. The summed E-state index contributed by atoms with van der Waals surface area (Å²) in [6.45, 7) is 0. The zero-order chi connectivity index (χ0) is 23.9. The summed E-state index contributed by atoms with van der Waals surface area (Å²) in [4.78, 5) is 42.7. The minimum absolute atomic E-state index is 0.198. The SMILES string of the molecule is O=C(NC1CCC(Nc2nc(=NC3CC3)n3nc/c(=C\c4[nH]c(=O)[nH]c4O)c3n2)CC1)C1CCC1. The molecule has 0 aromatic carbocycles. The summed E-state index contributed by atoms with van der Waals surface area (Å²) in [5.41, 5.74) is 0.768. The van der Waals surface area contributed by atoms with Crippen molar-refractivity contribution < 1.29 is 9.90 Å². The van der Waals surface area contributed by atoms with Crippen LogP contribution in [0.25, 0.3) is 11.7 Å². The molecule has 6 rings (SSSR count). The van der Waals surface area contributed by atoms with E-state index in [-0.39, 0.29) is 41.5 Å². The molecule has 12 heteroatoms. The molecule has 3 fully saturated rings. The van der Waals surface area contributed by atoms with Gasteiger partial charge in [-0.15, -0.1) is 0 Å². The second-order valence-electron chi connectivity index (χ2n) is 9.86. The Hall–Kier alpha value is -3.70. The van der Waals surface area contributed by atoms with Crippen LogP contribution in [-0.2, 0) is 4.79 Å². The van der Waals surface area contributed by atoms with Gasteiger partial charge in [0, 0.05) is 23.2 Å². The fourth-order valence-corrected chi connectivity index (χ4v) is 4.70. The topological polar surface area (TPSA) is 165 Å². The van der Waals surface area contributed by atoms with E-state index in [1.807, 2.05) is 0 Å². The first-order valence-electron chi connectivity index (χ1n) is 12.4. The van der Waals surface area contributed by atoms with Crippen molar-refractivity contribution in [2.75, 3.05) is 5.32 Å². The smallest absolute Gasteiger partial charge is 0.326 e. The Labute approximate surface area is 200 Å². The van der Waals surface area contributed by atoms with Gasteiger partial charge in [0.2, 0.25) is 17.7 Å². The van der Waals surface area contributed by atoms with Crippen LogP contribution in [-0.4, -0.2) is 58.7 Å². The average molecular weight is 480 g/mol. The number of aromatic nitrogens is 6. The highest BCUT2D eigenvalue weighted by molar-refractivity contribution is 5.79. The fraction of sp³-hybridized carbons (Fsp3) is 0.565. The molecule has 0 bridgehead atoms. The summed E-state index contributed by atoms with van der Waals surface area (Å²) in [6.07, 6.45) is 12.2. The normalized spacial score (nSPS) is 24.0. The van der Waals surface area contributed by atoms with Gasteiger partial charge in [-0.25, -0.2) is 9.79 Å². The van der Waals surface area contributed by atoms with Crippen LogP contribution in [0.5, 0.6) is 5.88 Å². The molecule has 3 saturated carbocycles. The first kappa shape index (κ1) is 21.8. The Morgan fingerprint density at radius 1 is 1.09 bits per heavy atom. The maximum atomic E-state index is 12.3. The van der Waals surface area contributed by atoms with Crippen molar-refractivity contribution >= 4 is 23.6 Å². The third-order valence-electron chi connectivity index (χ3n) is 7.14. The highest BCUT2D eigenvalue weighted by Crippen LogP contribution is 2.28. The molecule has 0 saturated heterocycles. The number of carbonyl (C=O) groups is 1. The standard InChI is InChI=1S/C23H29N9O3/c33-19(12-2-1-3-12)25-14-4-6-15(7-5-14)26-21-29-18-13(10-17-20(34)30-23(35)28-17)11-24-32(18)22(31-21)27-16-8-9-16/h10-12,14-16,34H,1-9H2,(H,25,33)(H,26,27,31)(H2,28,30,35)/b13-10+. The predicted octanol–water partition coefficient (Wildman–Crippen LogP) is 0.0965. The number of imidazole rings is 1. The van der Waals surface area contributed by atoms with E-state index in [0.717, 1.165) is 57.8 Å². The summed E-state index contributed by atoms with van der Waals surface area (Å²) in [7, 11) is 0. The maximum Gasteiger partial charge on any atom is 0.326 e. The van der Waals surface area contributed by atoms with Crippen molar-refractivity contribution in [3.63, 3.8) is 0 Å². The molecule has 0 radical (unpaired) electrons. The minimum atomic E-state index is -0.494. The van der Waals surface area contributed by atoms with Gasteiger partial charge in [-0.3, -0.25) is 9.78 Å². The number of rotatable bonds is 6. The second-order valence-corrected chi connectivity index (χ2v) is 9.86. The molecular formula is C23H29N9O3. The molecule has 3 aromatic heterocycles. The molecule has 3 aliphatic rings. The van der Waals surface area contributed by atoms with E-state index in [2.05, 4.69) is 30.7 Å². The third kappa shape index (κ3) is 4.64. The molecule has 3 aliphatic carbocycles. The van der Waals surface area contributed by atoms with E-state index in [1.54, 1.807) is 16.8 Å². The number of amides is 1. The molecule has 0 aliphatic heterocycles. The van der Waals surface area contributed by atoms with E-state index < -0.39 is 5.69 Å². The Balaban J connectivity index is 1.23. The summed E-state index contributed by atoms with van der Waals surface area (Å²) >= 11 is 0. The Bertz CT molecular complexity index is 1420. The number of nitrogens with one attached hydrogen (secondary N) is 4. The van der Waals surface area contributed by atoms with E-state index in [1.165, 1.54) is 0 Å². The molecule has 0 unspecified atom stereocenters. The molecule has 12 nitrogen and oxygen atoms in total. The first-order chi connectivity index (χ1) is 17.0. The number of fused-ring (bicyclic) bond motifs is 1. The molecule has 0 spiro atoms. The molecule has 3 aromatic rings. The van der Waals surface area contributed by atoms with Crippen LogP contribution in [0.2, 0.25) is 0 Å². The van der Waals surface area contributed by atoms with E-state index >= 15 is 0 Å². The quantitative estimate of drug-likeness (QED) is 0.334. The van der Waals surface area contributed by atoms with Crippen molar-refractivity contribution in [3.8, 4) is 5.88 Å². The van der Waals surface area contributed by atoms with E-state index in [4.69, 9.17) is 9.98 Å². The van der Waals surface area contributed by atoms with Crippen molar-refractivity contribution in [1.82, 2.24) is 34.9 Å². The largest absolute Gasteiger partial charge is 0.493 e. The van der Waals surface area contributed by atoms with Gasteiger partial charge in [-0.2, -0.15) is 19.6 Å². The van der Waals surface area contributed by atoms with Crippen molar-refractivity contribution in [3.05, 3.63) is 33.2 Å². The summed E-state index contributed by atoms with van der Waals surface area (Å²) in [5, 5.41) is 21.6. The first-order valence-corrected chi connectivity index (χ1v) is 12.4. The van der Waals surface area contributed by atoms with Crippen LogP contribution in [0.4, 0.5) is 5.95 Å². The number of hydrogen-bond donors (Lipinski definition) is 5. The predicted molar refractivity (Wildman–Crippen MR) is 126 cm³/mol. The summed E-state index contributed by atoms with van der Waals surface area (Å²) in [6, 6.07) is 0.679. The van der Waals surface area contributed by atoms with Gasteiger partial charge >= 0.3 is 5.69 Å². The lowest BCUT2D eigenvalue weighted by Crippen LogP contribution is -2.44. The highest BCUT2D eigenvalue weighted by atomic mass is 16.3. The Kier molecular flexibility index (Phi) is 5.50. The Morgan fingerprint density at radius 3 is 2.51 bits per heavy atom. The number of carbonyl (C=O) groups excluding carboxylic acids is 1. The second kappa shape index (κ2) is 8.82. The van der Waals surface area contributed by atoms with Gasteiger partial charge in [-0.05, 0) is 57.4 Å². The number of aromatic hydroxyl groups is 1. The molecular weight excluding hydrogens is 450 g/mol. The maximum absolute atomic E-state index is 12.3. The van der Waals surface area contributed by atoms with Gasteiger partial charge in [0.05, 0.1) is 12.2 Å². The lowest BCUT2D eigenvalue weighted by atomic mass is 9.84. The lowest BCUT2D eigenvalue weighted by Gasteiger charge is -2.32. The van der Waals surface area contributed by atoms with Crippen molar-refractivity contribution in [1.29, 1.82) is 0 Å².